The number of benzene rings is 2. The van der Waals surface area contributed by atoms with Gasteiger partial charge in [-0.25, -0.2) is 4.98 Å². The van der Waals surface area contributed by atoms with Gasteiger partial charge in [0, 0.05) is 25.2 Å². The Morgan fingerprint density at radius 2 is 1.67 bits per heavy atom. The minimum absolute atomic E-state index is 0.0540. The SMILES string of the molecule is CN(C)c1ccc(/C=C/c2ccc3c(Cl)cc(Cl)c(O)c3n2)cc1. The van der Waals surface area contributed by atoms with Crippen molar-refractivity contribution >= 4 is 51.9 Å². The molecule has 0 aliphatic rings. The van der Waals surface area contributed by atoms with Gasteiger partial charge in [-0.3, -0.25) is 0 Å². The molecule has 0 radical (unpaired) electrons. The molecular weight excluding hydrogens is 343 g/mol. The summed E-state index contributed by atoms with van der Waals surface area (Å²) < 4.78 is 0. The highest BCUT2D eigenvalue weighted by Gasteiger charge is 2.10. The van der Waals surface area contributed by atoms with Gasteiger partial charge in [0.15, 0.2) is 5.75 Å². The number of phenolic OH excluding ortho intramolecular Hbond substituents is 1. The fourth-order valence-corrected chi connectivity index (χ4v) is 2.89. The lowest BCUT2D eigenvalue weighted by atomic mass is 10.1. The van der Waals surface area contributed by atoms with Gasteiger partial charge in [0.1, 0.15) is 5.52 Å². The van der Waals surface area contributed by atoms with Gasteiger partial charge in [0.2, 0.25) is 0 Å². The third-order valence-electron chi connectivity index (χ3n) is 3.73. The minimum Gasteiger partial charge on any atom is -0.504 e. The molecule has 1 heterocycles. The van der Waals surface area contributed by atoms with Crippen molar-refractivity contribution in [3.63, 3.8) is 0 Å². The van der Waals surface area contributed by atoms with Crippen LogP contribution in [0.4, 0.5) is 5.69 Å². The lowest BCUT2D eigenvalue weighted by molar-refractivity contribution is 0.480. The number of rotatable bonds is 3. The second kappa shape index (κ2) is 6.71. The van der Waals surface area contributed by atoms with E-state index in [2.05, 4.69) is 22.0 Å². The number of aromatic hydroxyl groups is 1. The molecule has 0 amide bonds. The Kier molecular flexibility index (Phi) is 4.65. The molecule has 0 fully saturated rings. The van der Waals surface area contributed by atoms with Gasteiger partial charge in [0.25, 0.3) is 0 Å². The first-order valence-electron chi connectivity index (χ1n) is 7.39. The van der Waals surface area contributed by atoms with Gasteiger partial charge in [-0.05, 0) is 42.0 Å². The molecule has 122 valence electrons. The number of anilines is 1. The quantitative estimate of drug-likeness (QED) is 0.672. The molecule has 3 rings (SSSR count). The van der Waals surface area contributed by atoms with Crippen LogP contribution in [-0.4, -0.2) is 24.2 Å². The van der Waals surface area contributed by atoms with E-state index in [-0.39, 0.29) is 10.8 Å². The Hall–Kier alpha value is -2.23. The van der Waals surface area contributed by atoms with E-state index in [1.54, 1.807) is 0 Å². The second-order valence-corrected chi connectivity index (χ2v) is 6.45. The topological polar surface area (TPSA) is 36.4 Å². The van der Waals surface area contributed by atoms with E-state index in [9.17, 15) is 5.11 Å². The molecule has 1 aromatic heterocycles. The largest absolute Gasteiger partial charge is 0.504 e. The van der Waals surface area contributed by atoms with Crippen molar-refractivity contribution in [3.05, 3.63) is 63.8 Å². The molecule has 0 saturated carbocycles. The summed E-state index contributed by atoms with van der Waals surface area (Å²) in [5.41, 5.74) is 3.33. The summed E-state index contributed by atoms with van der Waals surface area (Å²) in [4.78, 5) is 6.49. The average Bonchev–Trinajstić information content (AvgIpc) is 2.58. The van der Waals surface area contributed by atoms with Crippen LogP contribution in [0.15, 0.2) is 42.5 Å². The summed E-state index contributed by atoms with van der Waals surface area (Å²) >= 11 is 12.1. The molecule has 0 aliphatic heterocycles. The number of halogens is 2. The Morgan fingerprint density at radius 1 is 0.958 bits per heavy atom. The van der Waals surface area contributed by atoms with E-state index in [0.29, 0.717) is 21.6 Å². The van der Waals surface area contributed by atoms with Crippen molar-refractivity contribution < 1.29 is 5.11 Å². The highest BCUT2D eigenvalue weighted by Crippen LogP contribution is 2.36. The first-order chi connectivity index (χ1) is 11.5. The standard InChI is InChI=1S/C19H16Cl2N2O/c1-23(2)14-8-4-12(5-9-14)3-6-13-7-10-15-16(20)11-17(21)19(24)18(15)22-13/h3-11,24H,1-2H3/b6-3+. The smallest absolute Gasteiger partial charge is 0.160 e. The van der Waals surface area contributed by atoms with Crippen LogP contribution in [0.3, 0.4) is 0 Å². The Balaban J connectivity index is 1.94. The van der Waals surface area contributed by atoms with Crippen molar-refractivity contribution in [2.24, 2.45) is 0 Å². The van der Waals surface area contributed by atoms with E-state index in [1.807, 2.05) is 50.5 Å². The first-order valence-corrected chi connectivity index (χ1v) is 8.14. The van der Waals surface area contributed by atoms with Crippen LogP contribution >= 0.6 is 23.2 Å². The van der Waals surface area contributed by atoms with E-state index < -0.39 is 0 Å². The lowest BCUT2D eigenvalue weighted by Crippen LogP contribution is -2.07. The van der Waals surface area contributed by atoms with E-state index in [4.69, 9.17) is 23.2 Å². The summed E-state index contributed by atoms with van der Waals surface area (Å²) in [5, 5.41) is 11.4. The number of hydrogen-bond donors (Lipinski definition) is 1. The Morgan fingerprint density at radius 3 is 2.33 bits per heavy atom. The summed E-state index contributed by atoms with van der Waals surface area (Å²) in [7, 11) is 4.01. The first kappa shape index (κ1) is 16.6. The van der Waals surface area contributed by atoms with Crippen LogP contribution in [0, 0.1) is 0 Å². The van der Waals surface area contributed by atoms with E-state index >= 15 is 0 Å². The summed E-state index contributed by atoms with van der Waals surface area (Å²) in [6.45, 7) is 0. The number of nitrogens with zero attached hydrogens (tertiary/aromatic N) is 2. The molecule has 0 unspecified atom stereocenters. The van der Waals surface area contributed by atoms with Crippen molar-refractivity contribution in [2.45, 2.75) is 0 Å². The maximum Gasteiger partial charge on any atom is 0.160 e. The Labute approximate surface area is 150 Å². The van der Waals surface area contributed by atoms with E-state index in [1.165, 1.54) is 6.07 Å². The van der Waals surface area contributed by atoms with E-state index in [0.717, 1.165) is 11.3 Å². The number of fused-ring (bicyclic) bond motifs is 1. The van der Waals surface area contributed by atoms with Crippen LogP contribution in [0.1, 0.15) is 11.3 Å². The number of phenols is 1. The van der Waals surface area contributed by atoms with Crippen molar-refractivity contribution in [2.75, 3.05) is 19.0 Å². The Bertz CT molecular complexity index is 919. The number of pyridine rings is 1. The maximum atomic E-state index is 10.1. The molecule has 0 bridgehead atoms. The second-order valence-electron chi connectivity index (χ2n) is 5.64. The molecule has 5 heteroatoms. The van der Waals surface area contributed by atoms with Crippen LogP contribution in [0.25, 0.3) is 23.1 Å². The minimum atomic E-state index is -0.0540. The summed E-state index contributed by atoms with van der Waals surface area (Å²) in [5.74, 6) is -0.0540. The van der Waals surface area contributed by atoms with Crippen LogP contribution < -0.4 is 4.90 Å². The van der Waals surface area contributed by atoms with Gasteiger partial charge in [0.05, 0.1) is 15.7 Å². The molecule has 0 spiro atoms. The normalized spacial score (nSPS) is 11.3. The predicted octanol–water partition coefficient (Wildman–Crippen LogP) is 5.48. The van der Waals surface area contributed by atoms with Crippen molar-refractivity contribution in [1.29, 1.82) is 0 Å². The number of hydrogen-bond acceptors (Lipinski definition) is 3. The van der Waals surface area contributed by atoms with Gasteiger partial charge < -0.3 is 10.0 Å². The fourth-order valence-electron chi connectivity index (χ4n) is 2.38. The lowest BCUT2D eigenvalue weighted by Gasteiger charge is -2.11. The molecule has 24 heavy (non-hydrogen) atoms. The van der Waals surface area contributed by atoms with Crippen LogP contribution in [0.5, 0.6) is 5.75 Å². The third kappa shape index (κ3) is 3.32. The van der Waals surface area contributed by atoms with Gasteiger partial charge in [-0.15, -0.1) is 0 Å². The molecule has 3 aromatic rings. The molecule has 0 atom stereocenters. The molecule has 3 nitrogen and oxygen atoms in total. The zero-order valence-corrected chi connectivity index (χ0v) is 14.8. The van der Waals surface area contributed by atoms with Crippen molar-refractivity contribution in [1.82, 2.24) is 4.98 Å². The molecule has 0 aliphatic carbocycles. The van der Waals surface area contributed by atoms with Gasteiger partial charge >= 0.3 is 0 Å². The average molecular weight is 359 g/mol. The zero-order valence-electron chi connectivity index (χ0n) is 13.3. The van der Waals surface area contributed by atoms with Gasteiger partial charge in [-0.1, -0.05) is 41.4 Å². The maximum absolute atomic E-state index is 10.1. The predicted molar refractivity (Wildman–Crippen MR) is 103 cm³/mol. The van der Waals surface area contributed by atoms with Crippen molar-refractivity contribution in [3.8, 4) is 5.75 Å². The number of aromatic nitrogens is 1. The van der Waals surface area contributed by atoms with Gasteiger partial charge in [-0.2, -0.15) is 0 Å². The highest BCUT2D eigenvalue weighted by atomic mass is 35.5. The summed E-state index contributed by atoms with van der Waals surface area (Å²) in [6.07, 6.45) is 3.86. The fraction of sp³-hybridized carbons (Fsp3) is 0.105. The third-order valence-corrected chi connectivity index (χ3v) is 4.33. The molecule has 1 N–H and O–H groups in total. The molecule has 2 aromatic carbocycles. The molecular formula is C19H16Cl2N2O. The highest BCUT2D eigenvalue weighted by molar-refractivity contribution is 6.39. The zero-order chi connectivity index (χ0) is 17.3. The van der Waals surface area contributed by atoms with Crippen LogP contribution in [-0.2, 0) is 0 Å². The summed E-state index contributed by atoms with van der Waals surface area (Å²) in [6, 6.07) is 13.4. The molecule has 0 saturated heterocycles. The van der Waals surface area contributed by atoms with Crippen LogP contribution in [0.2, 0.25) is 10.0 Å². The monoisotopic (exact) mass is 358 g/mol.